The summed E-state index contributed by atoms with van der Waals surface area (Å²) in [5, 5.41) is 23.3. The summed E-state index contributed by atoms with van der Waals surface area (Å²) in [6, 6.07) is 12.1. The number of aliphatic hydroxyl groups is 1. The van der Waals surface area contributed by atoms with Gasteiger partial charge in [0.25, 0.3) is 0 Å². The van der Waals surface area contributed by atoms with E-state index in [9.17, 15) is 9.90 Å². The van der Waals surface area contributed by atoms with E-state index in [2.05, 4.69) is 21.6 Å². The molecule has 0 radical (unpaired) electrons. The Kier molecular flexibility index (Phi) is 5.61. The minimum Gasteiger partial charge on any atom is -0.422 e. The van der Waals surface area contributed by atoms with Crippen LogP contribution in [0.3, 0.4) is 0 Å². The van der Waals surface area contributed by atoms with Crippen LogP contribution in [-0.2, 0) is 19.3 Å². The third-order valence-electron chi connectivity index (χ3n) is 7.51. The van der Waals surface area contributed by atoms with Gasteiger partial charge in [-0.2, -0.15) is 10.2 Å². The number of nitrogens with one attached hydrogen (secondary N) is 1. The molecule has 178 valence electrons. The third kappa shape index (κ3) is 4.02. The van der Waals surface area contributed by atoms with E-state index in [0.717, 1.165) is 90.5 Å². The molecule has 0 fully saturated rings. The van der Waals surface area contributed by atoms with Gasteiger partial charge in [-0.25, -0.2) is 4.79 Å². The van der Waals surface area contributed by atoms with E-state index in [1.54, 1.807) is 0 Å². The molecule has 2 aromatic carbocycles. The zero-order chi connectivity index (χ0) is 23.9. The van der Waals surface area contributed by atoms with Crippen molar-refractivity contribution in [3.8, 4) is 22.4 Å². The maximum absolute atomic E-state index is 13.2. The number of hydrogen-bond acceptors (Lipinski definition) is 6. The first-order valence-electron chi connectivity index (χ1n) is 12.5. The fraction of sp³-hybridized carbons (Fsp3) is 0.345. The van der Waals surface area contributed by atoms with E-state index in [0.29, 0.717) is 11.1 Å². The van der Waals surface area contributed by atoms with Crippen molar-refractivity contribution in [3.63, 3.8) is 0 Å². The van der Waals surface area contributed by atoms with Crippen LogP contribution in [0, 0.1) is 6.92 Å². The number of fused-ring (bicyclic) bond motifs is 3. The fourth-order valence-electron chi connectivity index (χ4n) is 5.62. The number of aromatic nitrogens is 2. The summed E-state index contributed by atoms with van der Waals surface area (Å²) in [6.45, 7) is 2.95. The van der Waals surface area contributed by atoms with E-state index in [1.165, 1.54) is 11.1 Å². The maximum Gasteiger partial charge on any atom is 0.344 e. The molecule has 6 heteroatoms. The van der Waals surface area contributed by atoms with Gasteiger partial charge < -0.3 is 14.8 Å². The number of rotatable bonds is 2. The quantitative estimate of drug-likeness (QED) is 0.393. The number of nitrogens with zero attached hydrogens (tertiary/aromatic N) is 2. The van der Waals surface area contributed by atoms with Crippen molar-refractivity contribution < 1.29 is 9.52 Å². The summed E-state index contributed by atoms with van der Waals surface area (Å²) in [5.74, 6) is 0. The van der Waals surface area contributed by atoms with Crippen molar-refractivity contribution in [2.75, 3.05) is 11.9 Å². The van der Waals surface area contributed by atoms with Crippen LogP contribution in [0.4, 0.5) is 5.69 Å². The Morgan fingerprint density at radius 2 is 1.91 bits per heavy atom. The van der Waals surface area contributed by atoms with Gasteiger partial charge in [0.2, 0.25) is 0 Å². The van der Waals surface area contributed by atoms with Gasteiger partial charge in [0.15, 0.2) is 0 Å². The van der Waals surface area contributed by atoms with Crippen molar-refractivity contribution in [2.45, 2.75) is 58.0 Å². The first kappa shape index (κ1) is 22.0. The maximum atomic E-state index is 13.2. The Bertz CT molecular complexity index is 1490. The summed E-state index contributed by atoms with van der Waals surface area (Å²) in [4.78, 5) is 13.2. The van der Waals surface area contributed by atoms with Crippen molar-refractivity contribution in [3.05, 3.63) is 75.3 Å². The lowest BCUT2D eigenvalue weighted by Crippen LogP contribution is -2.14. The SMILES string of the molecule is Cc1c(-c2cccc(-c3nncc4c3CCCC(O)CC4)c2)c(=O)oc2cc3c(cc12)CCCN3. The zero-order valence-corrected chi connectivity index (χ0v) is 19.9. The molecule has 2 aromatic heterocycles. The molecule has 4 aromatic rings. The smallest absolute Gasteiger partial charge is 0.344 e. The van der Waals surface area contributed by atoms with Crippen molar-refractivity contribution >= 4 is 16.7 Å². The lowest BCUT2D eigenvalue weighted by Gasteiger charge is -2.20. The van der Waals surface area contributed by atoms with Gasteiger partial charge in [0.1, 0.15) is 5.58 Å². The van der Waals surface area contributed by atoms with Crippen LogP contribution < -0.4 is 10.9 Å². The van der Waals surface area contributed by atoms with Gasteiger partial charge in [0, 0.05) is 29.2 Å². The summed E-state index contributed by atoms with van der Waals surface area (Å²) >= 11 is 0. The second kappa shape index (κ2) is 8.93. The highest BCUT2D eigenvalue weighted by Gasteiger charge is 2.20. The predicted molar refractivity (Wildman–Crippen MR) is 138 cm³/mol. The monoisotopic (exact) mass is 467 g/mol. The van der Waals surface area contributed by atoms with Crippen LogP contribution in [0.5, 0.6) is 0 Å². The number of aryl methyl sites for hydroxylation is 3. The van der Waals surface area contributed by atoms with E-state index >= 15 is 0 Å². The average molecular weight is 468 g/mol. The molecule has 0 spiro atoms. The molecule has 1 aliphatic heterocycles. The van der Waals surface area contributed by atoms with Crippen molar-refractivity contribution in [2.24, 2.45) is 0 Å². The Hall–Kier alpha value is -3.51. The van der Waals surface area contributed by atoms with Crippen LogP contribution >= 0.6 is 0 Å². The lowest BCUT2D eigenvalue weighted by atomic mass is 9.89. The predicted octanol–water partition coefficient (Wildman–Crippen LogP) is 5.21. The topological polar surface area (TPSA) is 88.2 Å². The van der Waals surface area contributed by atoms with Gasteiger partial charge in [-0.05, 0) is 91.8 Å². The molecule has 2 N–H and O–H groups in total. The second-order valence-corrected chi connectivity index (χ2v) is 9.79. The molecule has 1 atom stereocenters. The minimum atomic E-state index is -0.327. The van der Waals surface area contributed by atoms with Gasteiger partial charge in [-0.15, -0.1) is 0 Å². The van der Waals surface area contributed by atoms with Gasteiger partial charge in [-0.3, -0.25) is 0 Å². The Morgan fingerprint density at radius 1 is 1.03 bits per heavy atom. The second-order valence-electron chi connectivity index (χ2n) is 9.79. The summed E-state index contributed by atoms with van der Waals surface area (Å²) in [7, 11) is 0. The first-order valence-corrected chi connectivity index (χ1v) is 12.5. The molecule has 6 rings (SSSR count). The molecule has 3 heterocycles. The summed E-state index contributed by atoms with van der Waals surface area (Å²) in [5.41, 5.74) is 9.14. The van der Waals surface area contributed by atoms with Crippen molar-refractivity contribution in [1.82, 2.24) is 10.2 Å². The third-order valence-corrected chi connectivity index (χ3v) is 7.51. The number of aliphatic hydroxyl groups excluding tert-OH is 1. The molecule has 6 nitrogen and oxygen atoms in total. The Morgan fingerprint density at radius 3 is 2.83 bits per heavy atom. The van der Waals surface area contributed by atoms with Gasteiger partial charge in [0.05, 0.1) is 23.6 Å². The minimum absolute atomic E-state index is 0.250. The van der Waals surface area contributed by atoms with Crippen LogP contribution in [-0.4, -0.2) is 28.0 Å². The molecule has 0 saturated carbocycles. The van der Waals surface area contributed by atoms with E-state index in [-0.39, 0.29) is 11.7 Å². The molecule has 1 aliphatic carbocycles. The van der Waals surface area contributed by atoms with E-state index < -0.39 is 0 Å². The number of hydrogen-bond donors (Lipinski definition) is 2. The van der Waals surface area contributed by atoms with Crippen LogP contribution in [0.1, 0.15) is 47.9 Å². The molecule has 2 aliphatic rings. The largest absolute Gasteiger partial charge is 0.422 e. The fourth-order valence-corrected chi connectivity index (χ4v) is 5.62. The highest BCUT2D eigenvalue weighted by atomic mass is 16.4. The Balaban J connectivity index is 1.46. The van der Waals surface area contributed by atoms with Gasteiger partial charge >= 0.3 is 5.63 Å². The molecule has 1 unspecified atom stereocenters. The highest BCUT2D eigenvalue weighted by molar-refractivity contribution is 5.90. The van der Waals surface area contributed by atoms with E-state index in [1.807, 2.05) is 43.5 Å². The molecule has 0 amide bonds. The molecule has 0 bridgehead atoms. The van der Waals surface area contributed by atoms with Crippen molar-refractivity contribution in [1.29, 1.82) is 0 Å². The summed E-state index contributed by atoms with van der Waals surface area (Å²) in [6.07, 6.45) is 7.83. The first-order chi connectivity index (χ1) is 17.1. The summed E-state index contributed by atoms with van der Waals surface area (Å²) < 4.78 is 5.82. The number of benzene rings is 2. The zero-order valence-electron chi connectivity index (χ0n) is 19.9. The van der Waals surface area contributed by atoms with Crippen LogP contribution in [0.15, 0.2) is 51.8 Å². The number of anilines is 1. The Labute approximate surface area is 204 Å². The molecule has 35 heavy (non-hydrogen) atoms. The normalized spacial score (nSPS) is 17.7. The highest BCUT2D eigenvalue weighted by Crippen LogP contribution is 2.35. The average Bonchev–Trinajstić information content (AvgIpc) is 2.86. The standard InChI is InChI=1S/C29H29N3O3/c1-17-24-14-18-7-4-12-30-25(18)15-26(24)35-29(34)27(17)19-5-2-6-20(13-19)28-23-9-3-8-22(33)11-10-21(23)16-31-32-28/h2,5-6,13-16,22,30,33H,3-4,7-12H2,1H3. The molecular weight excluding hydrogens is 438 g/mol. The molecule has 0 saturated heterocycles. The van der Waals surface area contributed by atoms with Crippen LogP contribution in [0.2, 0.25) is 0 Å². The molecular formula is C29H29N3O3. The van der Waals surface area contributed by atoms with Crippen LogP contribution in [0.25, 0.3) is 33.4 Å². The lowest BCUT2D eigenvalue weighted by molar-refractivity contribution is 0.150. The van der Waals surface area contributed by atoms with Gasteiger partial charge in [-0.1, -0.05) is 18.2 Å². The van der Waals surface area contributed by atoms with E-state index in [4.69, 9.17) is 4.42 Å².